The first kappa shape index (κ1) is 16.6. The number of carboxylic acid groups (broad SMARTS) is 1. The molecular formula is C12H19F3N2O3. The third-order valence-corrected chi connectivity index (χ3v) is 3.28. The van der Waals surface area contributed by atoms with Gasteiger partial charge in [0.15, 0.2) is 0 Å². The second-order valence-corrected chi connectivity index (χ2v) is 5.02. The molecule has 0 heterocycles. The lowest BCUT2D eigenvalue weighted by molar-refractivity contribution is -0.143. The van der Waals surface area contributed by atoms with Gasteiger partial charge < -0.3 is 15.7 Å². The number of halogens is 3. The molecule has 0 aromatic heterocycles. The minimum Gasteiger partial charge on any atom is -0.481 e. The average Bonchev–Trinajstić information content (AvgIpc) is 2.34. The highest BCUT2D eigenvalue weighted by atomic mass is 19.4. The van der Waals surface area contributed by atoms with E-state index in [0.29, 0.717) is 19.3 Å². The third-order valence-electron chi connectivity index (χ3n) is 3.28. The van der Waals surface area contributed by atoms with E-state index in [9.17, 15) is 22.8 Å². The molecule has 0 bridgehead atoms. The van der Waals surface area contributed by atoms with Crippen LogP contribution in [0.5, 0.6) is 0 Å². The summed E-state index contributed by atoms with van der Waals surface area (Å²) in [5.41, 5.74) is 0. The van der Waals surface area contributed by atoms with E-state index in [1.807, 2.05) is 0 Å². The lowest BCUT2D eigenvalue weighted by Gasteiger charge is -2.27. The predicted molar refractivity (Wildman–Crippen MR) is 65.2 cm³/mol. The molecule has 1 saturated carbocycles. The third kappa shape index (κ3) is 6.63. The Morgan fingerprint density at radius 1 is 1.25 bits per heavy atom. The number of urea groups is 1. The van der Waals surface area contributed by atoms with Gasteiger partial charge in [0.05, 0.1) is 5.92 Å². The Morgan fingerprint density at radius 3 is 2.55 bits per heavy atom. The van der Waals surface area contributed by atoms with Crippen molar-refractivity contribution in [1.82, 2.24) is 10.6 Å². The number of carbonyl (C=O) groups excluding carboxylic acids is 1. The van der Waals surface area contributed by atoms with Gasteiger partial charge in [0.25, 0.3) is 0 Å². The maximum atomic E-state index is 11.9. The zero-order valence-electron chi connectivity index (χ0n) is 11.0. The van der Waals surface area contributed by atoms with Crippen molar-refractivity contribution in [3.63, 3.8) is 0 Å². The second kappa shape index (κ2) is 7.35. The van der Waals surface area contributed by atoms with Gasteiger partial charge in [0.1, 0.15) is 0 Å². The molecule has 116 valence electrons. The summed E-state index contributed by atoms with van der Waals surface area (Å²) in [5, 5.41) is 13.9. The van der Waals surface area contributed by atoms with Crippen LogP contribution in [0, 0.1) is 5.92 Å². The number of carboxylic acids is 1. The number of rotatable bonds is 5. The summed E-state index contributed by atoms with van der Waals surface area (Å²) in [6.45, 7) is -0.0551. The molecule has 0 radical (unpaired) electrons. The molecule has 8 heteroatoms. The van der Waals surface area contributed by atoms with Crippen LogP contribution in [0.25, 0.3) is 0 Å². The van der Waals surface area contributed by atoms with Gasteiger partial charge in [0.2, 0.25) is 0 Å². The molecule has 1 aliphatic rings. The van der Waals surface area contributed by atoms with Gasteiger partial charge in [-0.05, 0) is 25.7 Å². The zero-order valence-corrected chi connectivity index (χ0v) is 11.0. The molecule has 2 amide bonds. The first-order valence-electron chi connectivity index (χ1n) is 6.62. The van der Waals surface area contributed by atoms with E-state index in [0.717, 1.165) is 6.42 Å². The van der Waals surface area contributed by atoms with Gasteiger partial charge in [-0.3, -0.25) is 4.79 Å². The Kier molecular flexibility index (Phi) is 6.09. The highest BCUT2D eigenvalue weighted by Gasteiger charge is 2.28. The van der Waals surface area contributed by atoms with E-state index in [4.69, 9.17) is 5.11 Å². The van der Waals surface area contributed by atoms with Gasteiger partial charge in [-0.1, -0.05) is 6.42 Å². The van der Waals surface area contributed by atoms with Gasteiger partial charge in [-0.15, -0.1) is 0 Å². The van der Waals surface area contributed by atoms with Crippen molar-refractivity contribution in [3.05, 3.63) is 0 Å². The number of amides is 2. The summed E-state index contributed by atoms with van der Waals surface area (Å²) in [6.07, 6.45) is -2.94. The van der Waals surface area contributed by atoms with Crippen molar-refractivity contribution in [2.45, 2.75) is 50.7 Å². The number of nitrogens with one attached hydrogen (secondary N) is 2. The summed E-state index contributed by atoms with van der Waals surface area (Å²) in [6, 6.07) is -0.768. The molecule has 0 aromatic carbocycles. The standard InChI is InChI=1S/C12H19F3N2O3/c13-12(14,15)5-2-6-16-11(20)17-9-4-1-3-8(7-9)10(18)19/h8-9H,1-7H2,(H,18,19)(H2,16,17,20). The topological polar surface area (TPSA) is 78.4 Å². The van der Waals surface area contributed by atoms with Crippen LogP contribution in [-0.2, 0) is 4.79 Å². The van der Waals surface area contributed by atoms with Gasteiger partial charge in [-0.25, -0.2) is 4.79 Å². The van der Waals surface area contributed by atoms with E-state index in [-0.39, 0.29) is 19.0 Å². The van der Waals surface area contributed by atoms with Gasteiger partial charge in [-0.2, -0.15) is 13.2 Å². The molecular weight excluding hydrogens is 277 g/mol. The van der Waals surface area contributed by atoms with Crippen LogP contribution in [-0.4, -0.2) is 35.9 Å². The van der Waals surface area contributed by atoms with Crippen LogP contribution >= 0.6 is 0 Å². The summed E-state index contributed by atoms with van der Waals surface area (Å²) < 4.78 is 35.7. The minimum absolute atomic E-state index is 0.0551. The fraction of sp³-hybridized carbons (Fsp3) is 0.833. The van der Waals surface area contributed by atoms with E-state index in [2.05, 4.69) is 10.6 Å². The zero-order chi connectivity index (χ0) is 15.2. The summed E-state index contributed by atoms with van der Waals surface area (Å²) in [5.74, 6) is -1.33. The van der Waals surface area contributed by atoms with Crippen LogP contribution < -0.4 is 10.6 Å². The molecule has 1 fully saturated rings. The molecule has 20 heavy (non-hydrogen) atoms. The number of aliphatic carboxylic acids is 1. The number of hydrogen-bond acceptors (Lipinski definition) is 2. The number of hydrogen-bond donors (Lipinski definition) is 3. The highest BCUT2D eigenvalue weighted by Crippen LogP contribution is 2.24. The molecule has 0 saturated heterocycles. The summed E-state index contributed by atoms with van der Waals surface area (Å²) >= 11 is 0. The first-order chi connectivity index (χ1) is 9.28. The fourth-order valence-electron chi connectivity index (χ4n) is 2.27. The molecule has 0 aliphatic heterocycles. The Hall–Kier alpha value is -1.47. The van der Waals surface area contributed by atoms with Crippen LogP contribution in [0.4, 0.5) is 18.0 Å². The van der Waals surface area contributed by atoms with Crippen molar-refractivity contribution in [2.24, 2.45) is 5.92 Å². The number of carbonyl (C=O) groups is 2. The Balaban J connectivity index is 2.20. The lowest BCUT2D eigenvalue weighted by atomic mass is 9.86. The molecule has 0 spiro atoms. The second-order valence-electron chi connectivity index (χ2n) is 5.02. The predicted octanol–water partition coefficient (Wildman–Crippen LogP) is 2.27. The van der Waals surface area contributed by atoms with Gasteiger partial charge >= 0.3 is 18.2 Å². The maximum Gasteiger partial charge on any atom is 0.389 e. The van der Waals surface area contributed by atoms with Crippen molar-refractivity contribution in [2.75, 3.05) is 6.54 Å². The van der Waals surface area contributed by atoms with Crippen LogP contribution in [0.3, 0.4) is 0 Å². The lowest BCUT2D eigenvalue weighted by Crippen LogP contribution is -2.45. The summed E-state index contributed by atoms with van der Waals surface area (Å²) in [7, 11) is 0. The van der Waals surface area contributed by atoms with Crippen molar-refractivity contribution >= 4 is 12.0 Å². The molecule has 5 nitrogen and oxygen atoms in total. The molecule has 2 unspecified atom stereocenters. The molecule has 0 aromatic rings. The Bertz CT molecular complexity index is 347. The molecule has 1 aliphatic carbocycles. The normalized spacial score (nSPS) is 23.1. The SMILES string of the molecule is O=C(NCCCC(F)(F)F)NC1CCCC(C(=O)O)C1. The minimum atomic E-state index is -4.21. The smallest absolute Gasteiger partial charge is 0.389 e. The van der Waals surface area contributed by atoms with E-state index >= 15 is 0 Å². The molecule has 3 N–H and O–H groups in total. The van der Waals surface area contributed by atoms with Crippen molar-refractivity contribution in [3.8, 4) is 0 Å². The fourth-order valence-corrected chi connectivity index (χ4v) is 2.27. The number of alkyl halides is 3. The Labute approximate surface area is 114 Å². The van der Waals surface area contributed by atoms with E-state index in [1.165, 1.54) is 0 Å². The van der Waals surface area contributed by atoms with Crippen LogP contribution in [0.2, 0.25) is 0 Å². The van der Waals surface area contributed by atoms with E-state index < -0.39 is 30.5 Å². The van der Waals surface area contributed by atoms with E-state index in [1.54, 1.807) is 0 Å². The van der Waals surface area contributed by atoms with Crippen LogP contribution in [0.15, 0.2) is 0 Å². The van der Waals surface area contributed by atoms with Crippen molar-refractivity contribution < 1.29 is 27.9 Å². The quantitative estimate of drug-likeness (QED) is 0.681. The average molecular weight is 296 g/mol. The summed E-state index contributed by atoms with van der Waals surface area (Å²) in [4.78, 5) is 22.3. The van der Waals surface area contributed by atoms with Crippen molar-refractivity contribution in [1.29, 1.82) is 0 Å². The first-order valence-corrected chi connectivity index (χ1v) is 6.62. The van der Waals surface area contributed by atoms with Crippen LogP contribution in [0.1, 0.15) is 38.5 Å². The maximum absolute atomic E-state index is 11.9. The largest absolute Gasteiger partial charge is 0.481 e. The van der Waals surface area contributed by atoms with Gasteiger partial charge in [0, 0.05) is 19.0 Å². The highest BCUT2D eigenvalue weighted by molar-refractivity contribution is 5.74. The molecule has 2 atom stereocenters. The molecule has 1 rings (SSSR count). The Morgan fingerprint density at radius 2 is 1.95 bits per heavy atom. The monoisotopic (exact) mass is 296 g/mol.